The lowest BCUT2D eigenvalue weighted by molar-refractivity contribution is -0.330. The highest BCUT2D eigenvalue weighted by Crippen LogP contribution is 2.46. The molecule has 0 bridgehead atoms. The van der Waals surface area contributed by atoms with E-state index < -0.39 is 29.7 Å². The third-order valence-electron chi connectivity index (χ3n) is 2.02. The Morgan fingerprint density at radius 1 is 0.842 bits per heavy atom. The minimum Gasteiger partial charge on any atom is -0.424 e. The van der Waals surface area contributed by atoms with E-state index in [2.05, 4.69) is 4.74 Å². The molecule has 0 amide bonds. The second-order valence-corrected chi connectivity index (χ2v) is 3.36. The maximum absolute atomic E-state index is 13.2. The number of hydrogen-bond acceptors (Lipinski definition) is 2. The van der Waals surface area contributed by atoms with E-state index in [1.54, 1.807) is 0 Å². The van der Waals surface area contributed by atoms with Crippen molar-refractivity contribution in [2.24, 2.45) is 0 Å². The quantitative estimate of drug-likeness (QED) is 0.474. The Hall–Kier alpha value is -1.80. The van der Waals surface area contributed by atoms with E-state index in [9.17, 15) is 35.5 Å². The molecule has 0 aliphatic rings. The van der Waals surface area contributed by atoms with E-state index in [0.717, 1.165) is 12.1 Å². The number of hydrogen-bond donors (Lipinski definition) is 0. The van der Waals surface area contributed by atoms with Crippen LogP contribution in [0.3, 0.4) is 0 Å². The number of carbonyl (C=O) groups is 1. The van der Waals surface area contributed by atoms with Crippen molar-refractivity contribution in [1.29, 1.82) is 0 Å². The summed E-state index contributed by atoms with van der Waals surface area (Å²) in [4.78, 5) is 10.9. The molecule has 0 aliphatic carbocycles. The van der Waals surface area contributed by atoms with E-state index in [4.69, 9.17) is 0 Å². The molecule has 0 saturated heterocycles. The van der Waals surface area contributed by atoms with E-state index >= 15 is 0 Å². The molecule has 0 N–H and O–H groups in total. The Labute approximate surface area is 101 Å². The normalized spacial score (nSPS) is 13.2. The van der Waals surface area contributed by atoms with Crippen LogP contribution in [-0.4, -0.2) is 24.0 Å². The van der Waals surface area contributed by atoms with E-state index in [1.807, 2.05) is 0 Å². The second kappa shape index (κ2) is 4.71. The van der Waals surface area contributed by atoms with E-state index in [-0.39, 0.29) is 0 Å². The molecule has 0 radical (unpaired) electrons. The van der Waals surface area contributed by atoms with Gasteiger partial charge in [-0.1, -0.05) is 18.2 Å². The van der Waals surface area contributed by atoms with Crippen molar-refractivity contribution in [3.05, 3.63) is 30.3 Å². The molecule has 0 spiro atoms. The van der Waals surface area contributed by atoms with Crippen molar-refractivity contribution in [2.75, 3.05) is 0 Å². The van der Waals surface area contributed by atoms with Gasteiger partial charge in [0, 0.05) is 0 Å². The zero-order chi connectivity index (χ0) is 14.9. The minimum absolute atomic E-state index is 0.636. The first-order valence-electron chi connectivity index (χ1n) is 4.60. The lowest BCUT2D eigenvalue weighted by atomic mass is 10.1. The Bertz CT molecular complexity index is 435. The van der Waals surface area contributed by atoms with Gasteiger partial charge in [-0.3, -0.25) is 0 Å². The topological polar surface area (TPSA) is 26.3 Å². The van der Waals surface area contributed by atoms with Crippen LogP contribution in [-0.2, 0) is 4.79 Å². The average molecular weight is 290 g/mol. The van der Waals surface area contributed by atoms with Gasteiger partial charge in [-0.2, -0.15) is 26.3 Å². The Kier molecular flexibility index (Phi) is 3.78. The monoisotopic (exact) mass is 290 g/mol. The molecule has 0 atom stereocenters. The van der Waals surface area contributed by atoms with Gasteiger partial charge >= 0.3 is 24.0 Å². The van der Waals surface area contributed by atoms with Crippen molar-refractivity contribution in [3.63, 3.8) is 0 Å². The molecular weight excluding hydrogens is 285 g/mol. The Morgan fingerprint density at radius 2 is 1.26 bits per heavy atom. The number of halogens is 7. The summed E-state index contributed by atoms with van der Waals surface area (Å²) in [6.07, 6.45) is -13.0. The number of rotatable bonds is 2. The number of esters is 1. The predicted octanol–water partition coefficient (Wildman–Crippen LogP) is 3.42. The largest absolute Gasteiger partial charge is 0.442 e. The standard InChI is InChI=1S/C10H5F7O2/c11-8(9(12,13)14,10(15,16)17)7(18)19-6-4-2-1-3-5-6/h1-5H. The van der Waals surface area contributed by atoms with Gasteiger partial charge in [0.1, 0.15) is 5.75 Å². The first kappa shape index (κ1) is 15.3. The second-order valence-electron chi connectivity index (χ2n) is 3.36. The molecular formula is C10H5F7O2. The fourth-order valence-corrected chi connectivity index (χ4v) is 1.06. The first-order chi connectivity index (χ1) is 8.50. The molecule has 1 aromatic carbocycles. The zero-order valence-electron chi connectivity index (χ0n) is 8.85. The summed E-state index contributed by atoms with van der Waals surface area (Å²) in [5.41, 5.74) is -6.07. The summed E-state index contributed by atoms with van der Waals surface area (Å²) in [6, 6.07) is 5.55. The van der Waals surface area contributed by atoms with Gasteiger partial charge < -0.3 is 4.74 Å². The van der Waals surface area contributed by atoms with Gasteiger partial charge in [0.25, 0.3) is 0 Å². The summed E-state index contributed by atoms with van der Waals surface area (Å²) < 4.78 is 89.9. The van der Waals surface area contributed by atoms with Crippen molar-refractivity contribution in [2.45, 2.75) is 18.0 Å². The highest BCUT2D eigenvalue weighted by Gasteiger charge is 2.78. The van der Waals surface area contributed by atoms with Gasteiger partial charge in [0.05, 0.1) is 0 Å². The molecule has 0 unspecified atom stereocenters. The van der Waals surface area contributed by atoms with Crippen LogP contribution in [0.2, 0.25) is 0 Å². The van der Waals surface area contributed by atoms with Crippen LogP contribution in [0.25, 0.3) is 0 Å². The fraction of sp³-hybridized carbons (Fsp3) is 0.300. The molecule has 0 aliphatic heterocycles. The number of ether oxygens (including phenoxy) is 1. The molecule has 0 heterocycles. The lowest BCUT2D eigenvalue weighted by Crippen LogP contribution is -2.60. The van der Waals surface area contributed by atoms with Crippen molar-refractivity contribution >= 4 is 5.97 Å². The van der Waals surface area contributed by atoms with Crippen molar-refractivity contribution in [1.82, 2.24) is 0 Å². The zero-order valence-corrected chi connectivity index (χ0v) is 8.85. The number of para-hydroxylation sites is 1. The average Bonchev–Trinajstić information content (AvgIpc) is 2.26. The van der Waals surface area contributed by atoms with Gasteiger partial charge in [-0.25, -0.2) is 9.18 Å². The van der Waals surface area contributed by atoms with Crippen LogP contribution in [0.5, 0.6) is 5.75 Å². The molecule has 0 saturated carbocycles. The van der Waals surface area contributed by atoms with Gasteiger partial charge in [-0.05, 0) is 12.1 Å². The molecule has 1 rings (SSSR count). The van der Waals surface area contributed by atoms with Crippen LogP contribution >= 0.6 is 0 Å². The van der Waals surface area contributed by atoms with Crippen LogP contribution in [0.15, 0.2) is 30.3 Å². The van der Waals surface area contributed by atoms with Crippen LogP contribution in [0.4, 0.5) is 30.7 Å². The number of carbonyl (C=O) groups excluding carboxylic acids is 1. The van der Waals surface area contributed by atoms with Crippen molar-refractivity contribution in [3.8, 4) is 5.75 Å². The summed E-state index contributed by atoms with van der Waals surface area (Å²) in [5, 5.41) is 0. The Balaban J connectivity index is 3.11. The third kappa shape index (κ3) is 2.79. The fourth-order valence-electron chi connectivity index (χ4n) is 1.06. The van der Waals surface area contributed by atoms with E-state index in [0.29, 0.717) is 0 Å². The maximum atomic E-state index is 13.2. The molecule has 1 aromatic rings. The van der Waals surface area contributed by atoms with Crippen molar-refractivity contribution < 1.29 is 40.3 Å². The molecule has 0 fully saturated rings. The highest BCUT2D eigenvalue weighted by molar-refractivity contribution is 5.83. The first-order valence-corrected chi connectivity index (χ1v) is 4.60. The van der Waals surface area contributed by atoms with Gasteiger partial charge in [0.15, 0.2) is 0 Å². The van der Waals surface area contributed by atoms with Crippen LogP contribution in [0.1, 0.15) is 0 Å². The molecule has 9 heteroatoms. The van der Waals surface area contributed by atoms with Gasteiger partial charge in [0.2, 0.25) is 0 Å². The number of alkyl halides is 7. The predicted molar refractivity (Wildman–Crippen MR) is 48.0 cm³/mol. The SMILES string of the molecule is O=C(Oc1ccccc1)C(F)(C(F)(F)F)C(F)(F)F. The van der Waals surface area contributed by atoms with Crippen LogP contribution in [0, 0.1) is 0 Å². The van der Waals surface area contributed by atoms with Gasteiger partial charge in [-0.15, -0.1) is 0 Å². The summed E-state index contributed by atoms with van der Waals surface area (Å²) in [7, 11) is 0. The molecule has 0 aromatic heterocycles. The summed E-state index contributed by atoms with van der Waals surface area (Å²) in [6.45, 7) is 0. The molecule has 2 nitrogen and oxygen atoms in total. The smallest absolute Gasteiger partial charge is 0.424 e. The Morgan fingerprint density at radius 3 is 1.63 bits per heavy atom. The number of benzene rings is 1. The third-order valence-corrected chi connectivity index (χ3v) is 2.02. The summed E-state index contributed by atoms with van der Waals surface area (Å²) in [5.74, 6) is -3.72. The highest BCUT2D eigenvalue weighted by atomic mass is 19.4. The minimum atomic E-state index is -6.48. The summed E-state index contributed by atoms with van der Waals surface area (Å²) >= 11 is 0. The maximum Gasteiger partial charge on any atom is 0.442 e. The molecule has 19 heavy (non-hydrogen) atoms. The van der Waals surface area contributed by atoms with Crippen LogP contribution < -0.4 is 4.74 Å². The molecule has 106 valence electrons. The lowest BCUT2D eigenvalue weighted by Gasteiger charge is -2.27. The van der Waals surface area contributed by atoms with E-state index in [1.165, 1.54) is 18.2 Å².